The third-order valence-corrected chi connectivity index (χ3v) is 5.33. The number of nitrogens with one attached hydrogen (secondary N) is 1. The van der Waals surface area contributed by atoms with Crippen LogP contribution in [0.5, 0.6) is 0 Å². The summed E-state index contributed by atoms with van der Waals surface area (Å²) in [5.41, 5.74) is 7.62. The van der Waals surface area contributed by atoms with Crippen molar-refractivity contribution in [2.24, 2.45) is 5.92 Å². The van der Waals surface area contributed by atoms with Gasteiger partial charge in [0.15, 0.2) is 0 Å². The van der Waals surface area contributed by atoms with Crippen molar-refractivity contribution in [3.8, 4) is 0 Å². The van der Waals surface area contributed by atoms with Gasteiger partial charge in [-0.1, -0.05) is 32.0 Å². The number of carbonyl (C=O) groups is 2. The van der Waals surface area contributed by atoms with Crippen molar-refractivity contribution in [1.82, 2.24) is 5.43 Å². The first-order valence-corrected chi connectivity index (χ1v) is 10.0. The van der Waals surface area contributed by atoms with Gasteiger partial charge in [0.2, 0.25) is 0 Å². The predicted octanol–water partition coefficient (Wildman–Crippen LogP) is 4.25. The Morgan fingerprint density at radius 1 is 1.03 bits per heavy atom. The Bertz CT molecular complexity index is 945. The fraction of sp³-hybridized carbons (Fsp3) is 0.333. The molecule has 0 aliphatic carbocycles. The fourth-order valence-corrected chi connectivity index (χ4v) is 3.18. The quantitative estimate of drug-likeness (QED) is 0.592. The highest BCUT2D eigenvalue weighted by atomic mass is 16.2. The van der Waals surface area contributed by atoms with E-state index >= 15 is 0 Å². The summed E-state index contributed by atoms with van der Waals surface area (Å²) in [4.78, 5) is 27.4. The van der Waals surface area contributed by atoms with E-state index in [9.17, 15) is 9.59 Å². The smallest absolute Gasteiger partial charge is 0.282 e. The maximum absolute atomic E-state index is 12.8. The highest BCUT2D eigenvalue weighted by Crippen LogP contribution is 2.24. The van der Waals surface area contributed by atoms with Gasteiger partial charge in [-0.2, -0.15) is 0 Å². The lowest BCUT2D eigenvalue weighted by atomic mass is 10.1. The second-order valence-electron chi connectivity index (χ2n) is 8.10. The summed E-state index contributed by atoms with van der Waals surface area (Å²) in [7, 11) is 2.07. The van der Waals surface area contributed by atoms with Crippen molar-refractivity contribution in [1.29, 1.82) is 0 Å². The van der Waals surface area contributed by atoms with Crippen molar-refractivity contribution < 1.29 is 9.59 Å². The lowest BCUT2D eigenvalue weighted by Crippen LogP contribution is -2.35. The van der Waals surface area contributed by atoms with E-state index in [4.69, 9.17) is 0 Å². The van der Waals surface area contributed by atoms with Crippen LogP contribution in [0, 0.1) is 19.8 Å². The molecular formula is C24H29N3O2. The molecule has 5 nitrogen and oxygen atoms in total. The van der Waals surface area contributed by atoms with Crippen molar-refractivity contribution in [3.05, 3.63) is 64.7 Å². The van der Waals surface area contributed by atoms with E-state index < -0.39 is 0 Å². The van der Waals surface area contributed by atoms with Crippen molar-refractivity contribution in [2.75, 3.05) is 23.5 Å². The van der Waals surface area contributed by atoms with Gasteiger partial charge in [0.1, 0.15) is 5.57 Å². The van der Waals surface area contributed by atoms with Crippen LogP contribution >= 0.6 is 0 Å². The van der Waals surface area contributed by atoms with E-state index in [0.717, 1.165) is 35.3 Å². The summed E-state index contributed by atoms with van der Waals surface area (Å²) >= 11 is 0. The number of nitrogens with zero attached hydrogens (tertiary/aromatic N) is 2. The molecule has 1 N–H and O–H groups in total. The standard InChI is InChI=1S/C24H29N3O2/c1-16(2)12-13-26(5)20-10-7-19(8-11-20)15-22-23(28)25-27(24(22)29)21-9-6-17(3)18(4)14-21/h6-11,14-16H,12-13H2,1-5H3,(H,25,28)/b22-15+. The molecule has 0 unspecified atom stereocenters. The van der Waals surface area contributed by atoms with Crippen LogP contribution < -0.4 is 15.3 Å². The molecule has 2 aromatic rings. The molecule has 0 atom stereocenters. The second-order valence-corrected chi connectivity index (χ2v) is 8.10. The van der Waals surface area contributed by atoms with Gasteiger partial charge in [-0.3, -0.25) is 15.0 Å². The van der Waals surface area contributed by atoms with Gasteiger partial charge in [-0.25, -0.2) is 5.01 Å². The first-order chi connectivity index (χ1) is 13.8. The lowest BCUT2D eigenvalue weighted by molar-refractivity contribution is -0.117. The summed E-state index contributed by atoms with van der Waals surface area (Å²) < 4.78 is 0. The van der Waals surface area contributed by atoms with Gasteiger partial charge in [0.25, 0.3) is 11.8 Å². The maximum atomic E-state index is 12.8. The van der Waals surface area contributed by atoms with E-state index in [1.54, 1.807) is 6.08 Å². The topological polar surface area (TPSA) is 52.7 Å². The van der Waals surface area contributed by atoms with Gasteiger partial charge >= 0.3 is 0 Å². The normalized spacial score (nSPS) is 15.4. The number of anilines is 2. The second kappa shape index (κ2) is 8.52. The molecule has 152 valence electrons. The van der Waals surface area contributed by atoms with Crippen molar-refractivity contribution >= 4 is 29.3 Å². The van der Waals surface area contributed by atoms with Crippen LogP contribution in [0.15, 0.2) is 48.0 Å². The molecule has 3 rings (SSSR count). The van der Waals surface area contributed by atoms with E-state index in [1.807, 2.05) is 56.3 Å². The Morgan fingerprint density at radius 2 is 1.72 bits per heavy atom. The highest BCUT2D eigenvalue weighted by molar-refractivity contribution is 6.31. The Labute approximate surface area is 173 Å². The molecule has 5 heteroatoms. The molecule has 2 amide bonds. The number of hydrogen-bond donors (Lipinski definition) is 1. The molecule has 0 bridgehead atoms. The third kappa shape index (κ3) is 4.67. The average molecular weight is 392 g/mol. The number of rotatable bonds is 6. The van der Waals surface area contributed by atoms with E-state index in [1.165, 1.54) is 5.01 Å². The predicted molar refractivity (Wildman–Crippen MR) is 119 cm³/mol. The van der Waals surface area contributed by atoms with E-state index in [-0.39, 0.29) is 17.4 Å². The third-order valence-electron chi connectivity index (χ3n) is 5.33. The zero-order valence-electron chi connectivity index (χ0n) is 17.8. The zero-order valence-corrected chi connectivity index (χ0v) is 17.8. The Balaban J connectivity index is 1.77. The van der Waals surface area contributed by atoms with Gasteiger partial charge in [-0.05, 0) is 73.2 Å². The van der Waals surface area contributed by atoms with Crippen molar-refractivity contribution in [2.45, 2.75) is 34.1 Å². The molecular weight excluding hydrogens is 362 g/mol. The minimum atomic E-state index is -0.383. The summed E-state index contributed by atoms with van der Waals surface area (Å²) in [5.74, 6) is -0.0589. The van der Waals surface area contributed by atoms with Gasteiger partial charge in [-0.15, -0.1) is 0 Å². The first kappa shape index (κ1) is 20.6. The van der Waals surface area contributed by atoms with Crippen LogP contribution in [-0.2, 0) is 9.59 Å². The molecule has 1 fully saturated rings. The number of aryl methyl sites for hydroxylation is 2. The van der Waals surface area contributed by atoms with Crippen LogP contribution in [0.25, 0.3) is 6.08 Å². The van der Waals surface area contributed by atoms with Crippen LogP contribution in [0.4, 0.5) is 11.4 Å². The first-order valence-electron chi connectivity index (χ1n) is 10.0. The molecule has 0 radical (unpaired) electrons. The number of benzene rings is 2. The largest absolute Gasteiger partial charge is 0.375 e. The van der Waals surface area contributed by atoms with Gasteiger partial charge in [0.05, 0.1) is 5.69 Å². The molecule has 29 heavy (non-hydrogen) atoms. The Morgan fingerprint density at radius 3 is 2.34 bits per heavy atom. The maximum Gasteiger partial charge on any atom is 0.282 e. The number of carbonyl (C=O) groups excluding carboxylic acids is 2. The molecule has 2 aromatic carbocycles. The molecule has 0 spiro atoms. The fourth-order valence-electron chi connectivity index (χ4n) is 3.18. The molecule has 0 saturated carbocycles. The van der Waals surface area contributed by atoms with Crippen LogP contribution in [0.2, 0.25) is 0 Å². The number of amides is 2. The lowest BCUT2D eigenvalue weighted by Gasteiger charge is -2.20. The van der Waals surface area contributed by atoms with E-state index in [0.29, 0.717) is 11.6 Å². The van der Waals surface area contributed by atoms with Crippen molar-refractivity contribution in [3.63, 3.8) is 0 Å². The average Bonchev–Trinajstić information content (AvgIpc) is 2.97. The summed E-state index contributed by atoms with van der Waals surface area (Å²) in [6, 6.07) is 13.6. The summed E-state index contributed by atoms with van der Waals surface area (Å²) in [6.07, 6.45) is 2.78. The van der Waals surface area contributed by atoms with Crippen LogP contribution in [0.3, 0.4) is 0 Å². The van der Waals surface area contributed by atoms with E-state index in [2.05, 4.69) is 31.2 Å². The molecule has 1 saturated heterocycles. The number of hydrazine groups is 1. The minimum absolute atomic E-state index is 0.143. The molecule has 1 aliphatic heterocycles. The monoisotopic (exact) mass is 391 g/mol. The zero-order chi connectivity index (χ0) is 21.1. The summed E-state index contributed by atoms with van der Waals surface area (Å²) in [5, 5.41) is 1.31. The van der Waals surface area contributed by atoms with Crippen LogP contribution in [-0.4, -0.2) is 25.4 Å². The highest BCUT2D eigenvalue weighted by Gasteiger charge is 2.34. The molecule has 1 heterocycles. The summed E-state index contributed by atoms with van der Waals surface area (Å²) in [6.45, 7) is 9.42. The minimum Gasteiger partial charge on any atom is -0.375 e. The number of hydrogen-bond acceptors (Lipinski definition) is 3. The SMILES string of the molecule is Cc1ccc(N2NC(=O)/C(=C\c3ccc(N(C)CCC(C)C)cc3)C2=O)cc1C. The Kier molecular flexibility index (Phi) is 6.06. The van der Waals surface area contributed by atoms with Gasteiger partial charge in [0, 0.05) is 19.3 Å². The molecule has 0 aromatic heterocycles. The van der Waals surface area contributed by atoms with Crippen LogP contribution in [0.1, 0.15) is 37.0 Å². The Hall–Kier alpha value is -3.08. The molecule has 1 aliphatic rings. The van der Waals surface area contributed by atoms with Gasteiger partial charge < -0.3 is 4.90 Å².